The fourth-order valence-corrected chi connectivity index (χ4v) is 2.22. The van der Waals surface area contributed by atoms with E-state index in [0.717, 1.165) is 4.90 Å². The molecule has 0 fully saturated rings. The van der Waals surface area contributed by atoms with Gasteiger partial charge in [0.25, 0.3) is 0 Å². The van der Waals surface area contributed by atoms with Gasteiger partial charge in [0, 0.05) is 4.90 Å². The first-order valence-electron chi connectivity index (χ1n) is 5.45. The quantitative estimate of drug-likeness (QED) is 0.840. The van der Waals surface area contributed by atoms with Gasteiger partial charge in [-0.3, -0.25) is 0 Å². The molecule has 0 atom stereocenters. The van der Waals surface area contributed by atoms with E-state index in [1.165, 1.54) is 6.07 Å². The molecule has 2 rings (SSSR count). The SMILES string of the molecule is CSc1ccc(Oc2cccc(Cl)c2C(=O)O)cc1. The van der Waals surface area contributed by atoms with Gasteiger partial charge in [0.05, 0.1) is 5.02 Å². The zero-order chi connectivity index (χ0) is 13.8. The number of rotatable bonds is 4. The van der Waals surface area contributed by atoms with Crippen molar-refractivity contribution in [3.05, 3.63) is 53.1 Å². The predicted molar refractivity (Wildman–Crippen MR) is 76.7 cm³/mol. The van der Waals surface area contributed by atoms with Crippen molar-refractivity contribution in [1.82, 2.24) is 0 Å². The van der Waals surface area contributed by atoms with Crippen molar-refractivity contribution < 1.29 is 14.6 Å². The van der Waals surface area contributed by atoms with Gasteiger partial charge in [-0.05, 0) is 42.7 Å². The molecular weight excluding hydrogens is 284 g/mol. The summed E-state index contributed by atoms with van der Waals surface area (Å²) < 4.78 is 5.58. The highest BCUT2D eigenvalue weighted by molar-refractivity contribution is 7.98. The van der Waals surface area contributed by atoms with E-state index >= 15 is 0 Å². The molecule has 0 bridgehead atoms. The molecule has 0 aliphatic carbocycles. The highest BCUT2D eigenvalue weighted by Gasteiger charge is 2.16. The smallest absolute Gasteiger partial charge is 0.341 e. The predicted octanol–water partition coefficient (Wildman–Crippen LogP) is 4.55. The summed E-state index contributed by atoms with van der Waals surface area (Å²) in [5.74, 6) is -0.305. The van der Waals surface area contributed by atoms with E-state index in [-0.39, 0.29) is 16.3 Å². The van der Waals surface area contributed by atoms with Crippen molar-refractivity contribution in [3.8, 4) is 11.5 Å². The van der Waals surface area contributed by atoms with Crippen LogP contribution in [0.15, 0.2) is 47.4 Å². The number of carboxylic acids is 1. The minimum Gasteiger partial charge on any atom is -0.478 e. The van der Waals surface area contributed by atoms with Crippen LogP contribution in [0.3, 0.4) is 0 Å². The summed E-state index contributed by atoms with van der Waals surface area (Å²) in [6.45, 7) is 0. The molecular formula is C14H11ClO3S. The molecule has 0 saturated heterocycles. The Morgan fingerprint density at radius 1 is 1.21 bits per heavy atom. The van der Waals surface area contributed by atoms with Gasteiger partial charge >= 0.3 is 5.97 Å². The fourth-order valence-electron chi connectivity index (χ4n) is 1.57. The molecule has 19 heavy (non-hydrogen) atoms. The number of hydrogen-bond donors (Lipinski definition) is 1. The van der Waals surface area contributed by atoms with Gasteiger partial charge in [-0.2, -0.15) is 0 Å². The summed E-state index contributed by atoms with van der Waals surface area (Å²) in [4.78, 5) is 12.3. The zero-order valence-corrected chi connectivity index (χ0v) is 11.7. The average molecular weight is 295 g/mol. The second-order valence-corrected chi connectivity index (χ2v) is 4.98. The van der Waals surface area contributed by atoms with Crippen LogP contribution in [0.4, 0.5) is 0 Å². The second kappa shape index (κ2) is 5.99. The molecule has 0 unspecified atom stereocenters. The van der Waals surface area contributed by atoms with E-state index in [4.69, 9.17) is 21.4 Å². The summed E-state index contributed by atoms with van der Waals surface area (Å²) in [6.07, 6.45) is 1.98. The second-order valence-electron chi connectivity index (χ2n) is 3.70. The lowest BCUT2D eigenvalue weighted by Crippen LogP contribution is -2.01. The normalized spacial score (nSPS) is 10.2. The minimum atomic E-state index is -1.11. The van der Waals surface area contributed by atoms with Crippen molar-refractivity contribution in [2.24, 2.45) is 0 Å². The van der Waals surface area contributed by atoms with Crippen LogP contribution in [-0.4, -0.2) is 17.3 Å². The van der Waals surface area contributed by atoms with Gasteiger partial charge in [0.2, 0.25) is 0 Å². The van der Waals surface area contributed by atoms with Crippen LogP contribution in [0, 0.1) is 0 Å². The van der Waals surface area contributed by atoms with Crippen molar-refractivity contribution in [1.29, 1.82) is 0 Å². The largest absolute Gasteiger partial charge is 0.478 e. The number of halogens is 1. The van der Waals surface area contributed by atoms with E-state index < -0.39 is 5.97 Å². The fraction of sp³-hybridized carbons (Fsp3) is 0.0714. The van der Waals surface area contributed by atoms with Gasteiger partial charge in [-0.25, -0.2) is 4.79 Å². The Balaban J connectivity index is 2.32. The van der Waals surface area contributed by atoms with Crippen LogP contribution in [0.25, 0.3) is 0 Å². The minimum absolute atomic E-state index is 0.0295. The molecule has 2 aromatic rings. The molecule has 3 nitrogen and oxygen atoms in total. The lowest BCUT2D eigenvalue weighted by Gasteiger charge is -2.10. The van der Waals surface area contributed by atoms with Crippen molar-refractivity contribution in [2.75, 3.05) is 6.26 Å². The monoisotopic (exact) mass is 294 g/mol. The van der Waals surface area contributed by atoms with Crippen LogP contribution in [-0.2, 0) is 0 Å². The maximum Gasteiger partial charge on any atom is 0.341 e. The topological polar surface area (TPSA) is 46.5 Å². The first-order chi connectivity index (χ1) is 9.11. The third-order valence-electron chi connectivity index (χ3n) is 2.48. The third-order valence-corrected chi connectivity index (χ3v) is 3.54. The molecule has 1 N–H and O–H groups in total. The Morgan fingerprint density at radius 3 is 2.47 bits per heavy atom. The number of benzene rings is 2. The van der Waals surface area contributed by atoms with Crippen LogP contribution in [0.2, 0.25) is 5.02 Å². The molecule has 0 aliphatic heterocycles. The van der Waals surface area contributed by atoms with Crippen LogP contribution < -0.4 is 4.74 Å². The van der Waals surface area contributed by atoms with Gasteiger partial charge in [0.1, 0.15) is 17.1 Å². The van der Waals surface area contributed by atoms with Crippen molar-refractivity contribution in [2.45, 2.75) is 4.90 Å². The van der Waals surface area contributed by atoms with Crippen molar-refractivity contribution in [3.63, 3.8) is 0 Å². The molecule has 98 valence electrons. The maximum atomic E-state index is 11.2. The van der Waals surface area contributed by atoms with E-state index in [1.54, 1.807) is 36.0 Å². The van der Waals surface area contributed by atoms with E-state index in [2.05, 4.69) is 0 Å². The Morgan fingerprint density at radius 2 is 1.89 bits per heavy atom. The zero-order valence-electron chi connectivity index (χ0n) is 10.1. The number of hydrogen-bond acceptors (Lipinski definition) is 3. The van der Waals surface area contributed by atoms with E-state index in [1.807, 2.05) is 18.4 Å². The highest BCUT2D eigenvalue weighted by Crippen LogP contribution is 2.31. The summed E-state index contributed by atoms with van der Waals surface area (Å²) in [6, 6.07) is 12.2. The number of aromatic carboxylic acids is 1. The first kappa shape index (κ1) is 13.8. The first-order valence-corrected chi connectivity index (χ1v) is 7.06. The molecule has 5 heteroatoms. The Labute approximate surface area is 120 Å². The Bertz CT molecular complexity index is 596. The van der Waals surface area contributed by atoms with E-state index in [9.17, 15) is 4.79 Å². The number of ether oxygens (including phenoxy) is 1. The van der Waals surface area contributed by atoms with Gasteiger partial charge in [-0.1, -0.05) is 17.7 Å². The lowest BCUT2D eigenvalue weighted by molar-refractivity contribution is 0.0694. The summed E-state index contributed by atoms with van der Waals surface area (Å²) in [7, 11) is 0. The van der Waals surface area contributed by atoms with Gasteiger partial charge in [-0.15, -0.1) is 11.8 Å². The van der Waals surface area contributed by atoms with Gasteiger partial charge in [0.15, 0.2) is 0 Å². The highest BCUT2D eigenvalue weighted by atomic mass is 35.5. The Hall–Kier alpha value is -1.65. The standard InChI is InChI=1S/C14H11ClO3S/c1-19-10-7-5-9(6-8-10)18-12-4-2-3-11(15)13(12)14(16)17/h2-8H,1H3,(H,16,17). The molecule has 0 amide bonds. The summed E-state index contributed by atoms with van der Waals surface area (Å²) >= 11 is 7.50. The molecule has 0 saturated carbocycles. The molecule has 2 aromatic carbocycles. The molecule has 0 radical (unpaired) electrons. The third kappa shape index (κ3) is 3.22. The van der Waals surface area contributed by atoms with Gasteiger partial charge < -0.3 is 9.84 Å². The molecule has 0 heterocycles. The number of carboxylic acid groups (broad SMARTS) is 1. The average Bonchev–Trinajstić information content (AvgIpc) is 2.39. The number of carbonyl (C=O) groups is 1. The maximum absolute atomic E-state index is 11.2. The molecule has 0 spiro atoms. The van der Waals surface area contributed by atoms with Crippen LogP contribution in [0.1, 0.15) is 10.4 Å². The summed E-state index contributed by atoms with van der Waals surface area (Å²) in [5, 5.41) is 9.30. The Kier molecular flexibility index (Phi) is 4.35. The van der Waals surface area contributed by atoms with Crippen molar-refractivity contribution >= 4 is 29.3 Å². The molecule has 0 aromatic heterocycles. The van der Waals surface area contributed by atoms with E-state index in [0.29, 0.717) is 5.75 Å². The van der Waals surface area contributed by atoms with Crippen LogP contribution in [0.5, 0.6) is 11.5 Å². The van der Waals surface area contributed by atoms with Crippen LogP contribution >= 0.6 is 23.4 Å². The number of thioether (sulfide) groups is 1. The molecule has 0 aliphatic rings. The summed E-state index contributed by atoms with van der Waals surface area (Å²) in [5.41, 5.74) is -0.0295. The lowest BCUT2D eigenvalue weighted by atomic mass is 10.2.